The van der Waals surface area contributed by atoms with E-state index in [-0.39, 0.29) is 6.10 Å². The molecule has 0 fully saturated rings. The third-order valence-electron chi connectivity index (χ3n) is 1.48. The molecule has 2 N–H and O–H groups in total. The molecular formula is C8H16NO2. The smallest absolute Gasteiger partial charge is 0.404 e. The van der Waals surface area contributed by atoms with E-state index in [1.165, 1.54) is 0 Å². The van der Waals surface area contributed by atoms with Gasteiger partial charge in [0.2, 0.25) is 0 Å². The van der Waals surface area contributed by atoms with Crippen LogP contribution in [-0.2, 0) is 4.74 Å². The van der Waals surface area contributed by atoms with Crippen LogP contribution in [0.25, 0.3) is 0 Å². The fraction of sp³-hybridized carbons (Fsp3) is 0.750. The van der Waals surface area contributed by atoms with Crippen molar-refractivity contribution in [3.63, 3.8) is 0 Å². The predicted molar refractivity (Wildman–Crippen MR) is 44.0 cm³/mol. The van der Waals surface area contributed by atoms with E-state index in [9.17, 15) is 4.79 Å². The van der Waals surface area contributed by atoms with Crippen LogP contribution in [0.3, 0.4) is 0 Å². The maximum atomic E-state index is 10.3. The quantitative estimate of drug-likeness (QED) is 0.664. The second kappa shape index (κ2) is 6.01. The molecule has 0 saturated carbocycles. The molecule has 0 spiro atoms. The molecule has 0 rings (SSSR count). The van der Waals surface area contributed by atoms with Gasteiger partial charge in [-0.15, -0.1) is 0 Å². The van der Waals surface area contributed by atoms with Crippen molar-refractivity contribution in [1.82, 2.24) is 0 Å². The van der Waals surface area contributed by atoms with Crippen LogP contribution in [0.5, 0.6) is 0 Å². The van der Waals surface area contributed by atoms with E-state index < -0.39 is 6.09 Å². The van der Waals surface area contributed by atoms with Gasteiger partial charge in [-0.1, -0.05) is 19.8 Å². The zero-order chi connectivity index (χ0) is 8.69. The molecule has 1 amide bonds. The molecule has 1 radical (unpaired) electrons. The summed E-state index contributed by atoms with van der Waals surface area (Å²) >= 11 is 0. The molecule has 0 aliphatic carbocycles. The highest BCUT2D eigenvalue weighted by Gasteiger charge is 2.08. The molecule has 0 aromatic heterocycles. The first-order chi connectivity index (χ1) is 5.20. The summed E-state index contributed by atoms with van der Waals surface area (Å²) in [6.07, 6.45) is 2.82. The van der Waals surface area contributed by atoms with Crippen LogP contribution in [0.2, 0.25) is 0 Å². The molecule has 0 aliphatic heterocycles. The lowest BCUT2D eigenvalue weighted by atomic mass is 10.1. The van der Waals surface area contributed by atoms with E-state index >= 15 is 0 Å². The Labute approximate surface area is 67.9 Å². The molecule has 65 valence electrons. The van der Waals surface area contributed by atoms with Crippen molar-refractivity contribution in [1.29, 1.82) is 0 Å². The SMILES string of the molecule is [CH2]CC(CCCC)OC(N)=O. The summed E-state index contributed by atoms with van der Waals surface area (Å²) in [6.45, 7) is 5.75. The number of hydrogen-bond acceptors (Lipinski definition) is 2. The van der Waals surface area contributed by atoms with Crippen LogP contribution >= 0.6 is 0 Å². The Bertz CT molecular complexity index is 115. The van der Waals surface area contributed by atoms with Crippen LogP contribution in [0.1, 0.15) is 32.6 Å². The number of unbranched alkanes of at least 4 members (excludes halogenated alkanes) is 1. The van der Waals surface area contributed by atoms with Crippen molar-refractivity contribution in [2.75, 3.05) is 0 Å². The average molecular weight is 158 g/mol. The van der Waals surface area contributed by atoms with E-state index in [2.05, 4.69) is 13.8 Å². The van der Waals surface area contributed by atoms with E-state index in [4.69, 9.17) is 10.5 Å². The van der Waals surface area contributed by atoms with Gasteiger partial charge in [0.15, 0.2) is 0 Å². The number of amides is 1. The monoisotopic (exact) mass is 158 g/mol. The first kappa shape index (κ1) is 10.3. The summed E-state index contributed by atoms with van der Waals surface area (Å²) in [6, 6.07) is 0. The molecule has 0 saturated heterocycles. The van der Waals surface area contributed by atoms with Gasteiger partial charge in [0.25, 0.3) is 0 Å². The third-order valence-corrected chi connectivity index (χ3v) is 1.48. The summed E-state index contributed by atoms with van der Waals surface area (Å²) in [4.78, 5) is 10.3. The molecule has 0 heterocycles. The van der Waals surface area contributed by atoms with Crippen LogP contribution in [0.4, 0.5) is 4.79 Å². The highest BCUT2D eigenvalue weighted by molar-refractivity contribution is 5.64. The molecule has 0 aromatic rings. The summed E-state index contributed by atoms with van der Waals surface area (Å²) in [5.41, 5.74) is 4.85. The van der Waals surface area contributed by atoms with Crippen molar-refractivity contribution in [2.45, 2.75) is 38.7 Å². The largest absolute Gasteiger partial charge is 0.446 e. The van der Waals surface area contributed by atoms with Crippen LogP contribution in [0.15, 0.2) is 0 Å². The first-order valence-electron chi connectivity index (χ1n) is 3.96. The maximum Gasteiger partial charge on any atom is 0.404 e. The minimum absolute atomic E-state index is 0.0903. The van der Waals surface area contributed by atoms with Gasteiger partial charge in [0, 0.05) is 0 Å². The molecule has 3 heteroatoms. The lowest BCUT2D eigenvalue weighted by Gasteiger charge is -2.13. The minimum atomic E-state index is -0.699. The molecule has 3 nitrogen and oxygen atoms in total. The van der Waals surface area contributed by atoms with E-state index in [1.807, 2.05) is 0 Å². The van der Waals surface area contributed by atoms with Gasteiger partial charge in [-0.2, -0.15) is 0 Å². The maximum absolute atomic E-state index is 10.3. The Hall–Kier alpha value is -0.730. The highest BCUT2D eigenvalue weighted by atomic mass is 16.6. The minimum Gasteiger partial charge on any atom is -0.446 e. The van der Waals surface area contributed by atoms with Crippen LogP contribution < -0.4 is 5.73 Å². The highest BCUT2D eigenvalue weighted by Crippen LogP contribution is 2.07. The van der Waals surface area contributed by atoms with Crippen molar-refractivity contribution < 1.29 is 9.53 Å². The summed E-state index contributed by atoms with van der Waals surface area (Å²) in [5, 5.41) is 0. The molecule has 1 atom stereocenters. The van der Waals surface area contributed by atoms with Gasteiger partial charge in [-0.3, -0.25) is 0 Å². The zero-order valence-electron chi connectivity index (χ0n) is 7.01. The Morgan fingerprint density at radius 1 is 1.73 bits per heavy atom. The second-order valence-electron chi connectivity index (χ2n) is 2.49. The number of ether oxygens (including phenoxy) is 1. The summed E-state index contributed by atoms with van der Waals surface area (Å²) in [7, 11) is 0. The Balaban J connectivity index is 3.49. The number of nitrogens with two attached hydrogens (primary N) is 1. The van der Waals surface area contributed by atoms with Crippen molar-refractivity contribution in [3.05, 3.63) is 6.92 Å². The average Bonchev–Trinajstić information content (AvgIpc) is 1.97. The zero-order valence-corrected chi connectivity index (χ0v) is 7.01. The standard InChI is InChI=1S/C8H16NO2/c1-3-5-6-7(4-2)11-8(9)10/h7H,2-6H2,1H3,(H2,9,10). The van der Waals surface area contributed by atoms with Crippen molar-refractivity contribution in [3.8, 4) is 0 Å². The second-order valence-corrected chi connectivity index (χ2v) is 2.49. The number of rotatable bonds is 5. The van der Waals surface area contributed by atoms with E-state index in [1.54, 1.807) is 0 Å². The summed E-state index contributed by atoms with van der Waals surface area (Å²) < 4.78 is 4.78. The number of carbonyl (C=O) groups excluding carboxylic acids is 1. The van der Waals surface area contributed by atoms with E-state index in [0.717, 1.165) is 19.3 Å². The lowest BCUT2D eigenvalue weighted by molar-refractivity contribution is 0.101. The molecule has 0 aliphatic rings. The first-order valence-corrected chi connectivity index (χ1v) is 3.96. The topological polar surface area (TPSA) is 52.3 Å². The van der Waals surface area contributed by atoms with Gasteiger partial charge in [0.05, 0.1) is 0 Å². The van der Waals surface area contributed by atoms with Gasteiger partial charge >= 0.3 is 6.09 Å². The van der Waals surface area contributed by atoms with Crippen molar-refractivity contribution >= 4 is 6.09 Å². The number of carbonyl (C=O) groups is 1. The van der Waals surface area contributed by atoms with E-state index in [0.29, 0.717) is 6.42 Å². The number of primary amides is 1. The van der Waals surface area contributed by atoms with Gasteiger partial charge in [0.1, 0.15) is 6.10 Å². The molecular weight excluding hydrogens is 142 g/mol. The fourth-order valence-electron chi connectivity index (χ4n) is 0.858. The van der Waals surface area contributed by atoms with Crippen LogP contribution in [0, 0.1) is 6.92 Å². The Kier molecular flexibility index (Phi) is 5.61. The van der Waals surface area contributed by atoms with Crippen molar-refractivity contribution in [2.24, 2.45) is 5.73 Å². The van der Waals surface area contributed by atoms with Gasteiger partial charge in [-0.05, 0) is 19.8 Å². The normalized spacial score (nSPS) is 12.5. The molecule has 11 heavy (non-hydrogen) atoms. The van der Waals surface area contributed by atoms with Gasteiger partial charge < -0.3 is 10.5 Å². The Morgan fingerprint density at radius 2 is 2.36 bits per heavy atom. The third kappa shape index (κ3) is 5.70. The lowest BCUT2D eigenvalue weighted by Crippen LogP contribution is -2.22. The molecule has 1 unspecified atom stereocenters. The summed E-state index contributed by atoms with van der Waals surface area (Å²) in [5.74, 6) is 0. The predicted octanol–water partition coefficient (Wildman–Crippen LogP) is 1.86. The molecule has 0 aromatic carbocycles. The van der Waals surface area contributed by atoms with Crippen LogP contribution in [-0.4, -0.2) is 12.2 Å². The Morgan fingerprint density at radius 3 is 2.73 bits per heavy atom. The fourth-order valence-corrected chi connectivity index (χ4v) is 0.858. The van der Waals surface area contributed by atoms with Gasteiger partial charge in [-0.25, -0.2) is 4.79 Å². The molecule has 0 bridgehead atoms. The number of hydrogen-bond donors (Lipinski definition) is 1.